The van der Waals surface area contributed by atoms with E-state index in [9.17, 15) is 14.9 Å². The smallest absolute Gasteiger partial charge is 0.269 e. The van der Waals surface area contributed by atoms with Gasteiger partial charge in [0.25, 0.3) is 5.91 Å². The highest BCUT2D eigenvalue weighted by atomic mass is 35.5. The van der Waals surface area contributed by atoms with Crippen molar-refractivity contribution in [3.05, 3.63) is 104 Å². The number of halogens is 3. The fourth-order valence-corrected chi connectivity index (χ4v) is 5.35. The number of benzene rings is 3. The lowest BCUT2D eigenvalue weighted by Crippen LogP contribution is -2.30. The van der Waals surface area contributed by atoms with Gasteiger partial charge < -0.3 is 5.32 Å². The Morgan fingerprint density at radius 2 is 1.77 bits per heavy atom. The second-order valence-electron chi connectivity index (χ2n) is 7.78. The third kappa shape index (κ3) is 5.50. The van der Waals surface area contributed by atoms with Crippen LogP contribution in [0, 0.1) is 18.3 Å². The molecule has 0 aromatic heterocycles. The summed E-state index contributed by atoms with van der Waals surface area (Å²) in [5.41, 5.74) is 2.60. The maximum absolute atomic E-state index is 13.5. The van der Waals surface area contributed by atoms with Gasteiger partial charge in [-0.05, 0) is 60.9 Å². The van der Waals surface area contributed by atoms with E-state index in [1.165, 1.54) is 22.7 Å². The molecular formula is C26H18Cl3N3O2S. The summed E-state index contributed by atoms with van der Waals surface area (Å²) in [4.78, 5) is 28.1. The van der Waals surface area contributed by atoms with Crippen molar-refractivity contribution in [2.24, 2.45) is 0 Å². The number of hydrogen-bond acceptors (Lipinski definition) is 4. The monoisotopic (exact) mass is 541 g/mol. The van der Waals surface area contributed by atoms with E-state index in [2.05, 4.69) is 5.32 Å². The summed E-state index contributed by atoms with van der Waals surface area (Å²) in [6, 6.07) is 21.2. The number of thioether (sulfide) groups is 1. The molecule has 176 valence electrons. The average molecular weight is 543 g/mol. The van der Waals surface area contributed by atoms with Gasteiger partial charge in [-0.2, -0.15) is 5.26 Å². The predicted octanol–water partition coefficient (Wildman–Crippen LogP) is 7.02. The standard InChI is InChI=1S/C26H18Cl3N3O2S/c1-15-7-8-16(11-21(15)28)12-23-25(34)32(18-5-3-2-4-6-18)26(35-23)19(14-30)24(33)31-17-9-10-20(27)22(29)13-17/h2-11,13,23H,12H2,1H3,(H,31,33)/b26-19-. The van der Waals surface area contributed by atoms with Gasteiger partial charge in [0.15, 0.2) is 0 Å². The molecular weight excluding hydrogens is 525 g/mol. The van der Waals surface area contributed by atoms with Crippen LogP contribution in [0.25, 0.3) is 0 Å². The van der Waals surface area contributed by atoms with E-state index in [0.717, 1.165) is 11.1 Å². The highest BCUT2D eigenvalue weighted by Gasteiger charge is 2.40. The van der Waals surface area contributed by atoms with E-state index >= 15 is 0 Å². The molecule has 4 rings (SSSR count). The fourth-order valence-electron chi connectivity index (χ4n) is 3.54. The van der Waals surface area contributed by atoms with Gasteiger partial charge in [-0.25, -0.2) is 0 Å². The third-order valence-corrected chi connectivity index (χ3v) is 7.76. The number of rotatable bonds is 5. The van der Waals surface area contributed by atoms with Gasteiger partial charge in [-0.3, -0.25) is 14.5 Å². The lowest BCUT2D eigenvalue weighted by molar-refractivity contribution is -0.117. The highest BCUT2D eigenvalue weighted by Crippen LogP contribution is 2.42. The van der Waals surface area contributed by atoms with Crippen LogP contribution in [0.2, 0.25) is 15.1 Å². The van der Waals surface area contributed by atoms with Gasteiger partial charge >= 0.3 is 0 Å². The van der Waals surface area contributed by atoms with Crippen LogP contribution in [-0.2, 0) is 16.0 Å². The average Bonchev–Trinajstić information content (AvgIpc) is 3.15. The second kappa shape index (κ2) is 10.8. The third-order valence-electron chi connectivity index (χ3n) is 5.35. The normalized spacial score (nSPS) is 16.7. The summed E-state index contributed by atoms with van der Waals surface area (Å²) in [5.74, 6) is -0.871. The van der Waals surface area contributed by atoms with E-state index in [1.54, 1.807) is 36.4 Å². The largest absolute Gasteiger partial charge is 0.321 e. The van der Waals surface area contributed by atoms with Crippen LogP contribution in [0.3, 0.4) is 0 Å². The first-order valence-corrected chi connectivity index (χ1v) is 12.5. The Morgan fingerprint density at radius 1 is 1.03 bits per heavy atom. The zero-order valence-corrected chi connectivity index (χ0v) is 21.5. The van der Waals surface area contributed by atoms with Crippen molar-refractivity contribution in [2.45, 2.75) is 18.6 Å². The lowest BCUT2D eigenvalue weighted by atomic mass is 10.1. The van der Waals surface area contributed by atoms with Crippen LogP contribution in [0.5, 0.6) is 0 Å². The molecule has 35 heavy (non-hydrogen) atoms. The first-order chi connectivity index (χ1) is 16.8. The second-order valence-corrected chi connectivity index (χ2v) is 10.2. The number of hydrogen-bond donors (Lipinski definition) is 1. The number of anilines is 2. The van der Waals surface area contributed by atoms with Crippen molar-refractivity contribution >= 4 is 69.8 Å². The molecule has 3 aromatic carbocycles. The van der Waals surface area contributed by atoms with Crippen LogP contribution >= 0.6 is 46.6 Å². The van der Waals surface area contributed by atoms with Crippen molar-refractivity contribution < 1.29 is 9.59 Å². The number of para-hydroxylation sites is 1. The minimum atomic E-state index is -0.652. The van der Waals surface area contributed by atoms with Crippen LogP contribution in [0.4, 0.5) is 11.4 Å². The van der Waals surface area contributed by atoms with Crippen LogP contribution < -0.4 is 10.2 Å². The summed E-state index contributed by atoms with van der Waals surface area (Å²) in [5, 5.41) is 13.6. The Hall–Kier alpha value is -2.95. The van der Waals surface area contributed by atoms with Crippen LogP contribution in [0.1, 0.15) is 11.1 Å². The van der Waals surface area contributed by atoms with Gasteiger partial charge in [-0.1, -0.05) is 76.9 Å². The number of nitrogens with zero attached hydrogens (tertiary/aromatic N) is 2. The van der Waals surface area contributed by atoms with Gasteiger partial charge in [-0.15, -0.1) is 0 Å². The molecule has 5 nitrogen and oxygen atoms in total. The molecule has 0 aliphatic carbocycles. The molecule has 1 aliphatic heterocycles. The highest BCUT2D eigenvalue weighted by molar-refractivity contribution is 8.05. The van der Waals surface area contributed by atoms with Crippen molar-refractivity contribution in [1.82, 2.24) is 0 Å². The molecule has 1 heterocycles. The van der Waals surface area contributed by atoms with Crippen molar-refractivity contribution in [3.8, 4) is 6.07 Å². The maximum atomic E-state index is 13.5. The number of aryl methyl sites for hydroxylation is 1. The van der Waals surface area contributed by atoms with Crippen molar-refractivity contribution in [3.63, 3.8) is 0 Å². The van der Waals surface area contributed by atoms with E-state index < -0.39 is 11.2 Å². The molecule has 3 aromatic rings. The number of nitrogens with one attached hydrogen (secondary N) is 1. The van der Waals surface area contributed by atoms with Crippen LogP contribution in [-0.4, -0.2) is 17.1 Å². The molecule has 1 aliphatic rings. The molecule has 0 spiro atoms. The van der Waals surface area contributed by atoms with Crippen molar-refractivity contribution in [1.29, 1.82) is 5.26 Å². The number of amides is 2. The molecule has 0 bridgehead atoms. The summed E-state index contributed by atoms with van der Waals surface area (Å²) in [6.45, 7) is 1.91. The number of carbonyl (C=O) groups excluding carboxylic acids is 2. The van der Waals surface area contributed by atoms with E-state index in [4.69, 9.17) is 34.8 Å². The summed E-state index contributed by atoms with van der Waals surface area (Å²) >= 11 is 19.5. The molecule has 2 amide bonds. The van der Waals surface area contributed by atoms with Crippen molar-refractivity contribution in [2.75, 3.05) is 10.2 Å². The topological polar surface area (TPSA) is 73.2 Å². The summed E-state index contributed by atoms with van der Waals surface area (Å²) in [6.07, 6.45) is 0.392. The quantitative estimate of drug-likeness (QED) is 0.278. The first kappa shape index (κ1) is 25.2. The Bertz CT molecular complexity index is 1390. The Balaban J connectivity index is 1.71. The Morgan fingerprint density at radius 3 is 2.43 bits per heavy atom. The molecule has 1 saturated heterocycles. The summed E-state index contributed by atoms with van der Waals surface area (Å²) < 4.78 is 0. The van der Waals surface area contributed by atoms with Crippen LogP contribution in [0.15, 0.2) is 77.3 Å². The molecule has 0 radical (unpaired) electrons. The fraction of sp³-hybridized carbons (Fsp3) is 0.115. The number of carbonyl (C=O) groups is 2. The zero-order chi connectivity index (χ0) is 25.1. The van der Waals surface area contributed by atoms with E-state index in [0.29, 0.717) is 27.8 Å². The minimum absolute atomic E-state index is 0.178. The maximum Gasteiger partial charge on any atom is 0.269 e. The summed E-state index contributed by atoms with van der Waals surface area (Å²) in [7, 11) is 0. The SMILES string of the molecule is Cc1ccc(CC2S/C(=C(/C#N)C(=O)Nc3ccc(Cl)c(Cl)c3)N(c3ccccc3)C2=O)cc1Cl. The molecule has 1 atom stereocenters. The van der Waals surface area contributed by atoms with E-state index in [-0.39, 0.29) is 21.5 Å². The molecule has 9 heteroatoms. The Kier molecular flexibility index (Phi) is 7.73. The van der Waals surface area contributed by atoms with E-state index in [1.807, 2.05) is 37.3 Å². The Labute approximate surface area is 222 Å². The predicted molar refractivity (Wildman–Crippen MR) is 143 cm³/mol. The molecule has 1 unspecified atom stereocenters. The zero-order valence-electron chi connectivity index (χ0n) is 18.4. The minimum Gasteiger partial charge on any atom is -0.321 e. The van der Waals surface area contributed by atoms with Gasteiger partial charge in [0, 0.05) is 16.4 Å². The molecule has 1 N–H and O–H groups in total. The number of nitriles is 1. The molecule has 1 fully saturated rings. The lowest BCUT2D eigenvalue weighted by Gasteiger charge is -2.18. The van der Waals surface area contributed by atoms with Gasteiger partial charge in [0.1, 0.15) is 16.7 Å². The first-order valence-electron chi connectivity index (χ1n) is 10.5. The van der Waals surface area contributed by atoms with Gasteiger partial charge in [0.2, 0.25) is 5.91 Å². The molecule has 0 saturated carbocycles. The van der Waals surface area contributed by atoms with Gasteiger partial charge in [0.05, 0.1) is 15.3 Å².